The number of nitrogens with one attached hydrogen (secondary N) is 1. The van der Waals surface area contributed by atoms with Crippen LogP contribution in [-0.4, -0.2) is 21.9 Å². The van der Waals surface area contributed by atoms with E-state index >= 15 is 0 Å². The number of rotatable bonds is 4. The fourth-order valence-electron chi connectivity index (χ4n) is 1.62. The second kappa shape index (κ2) is 6.38. The summed E-state index contributed by atoms with van der Waals surface area (Å²) >= 11 is 0. The lowest BCUT2D eigenvalue weighted by Crippen LogP contribution is -2.21. The zero-order valence-electron chi connectivity index (χ0n) is 11.0. The van der Waals surface area contributed by atoms with Gasteiger partial charge >= 0.3 is 0 Å². The highest BCUT2D eigenvalue weighted by Crippen LogP contribution is 2.14. The van der Waals surface area contributed by atoms with Gasteiger partial charge in [0, 0.05) is 17.3 Å². The summed E-state index contributed by atoms with van der Waals surface area (Å²) in [5.41, 5.74) is 0.821. The van der Waals surface area contributed by atoms with Crippen molar-refractivity contribution in [2.24, 2.45) is 0 Å². The molecule has 0 aromatic heterocycles. The monoisotopic (exact) mass is 283 g/mol. The maximum absolute atomic E-state index is 11.7. The number of aromatic hydroxyl groups is 1. The van der Waals surface area contributed by atoms with Crippen molar-refractivity contribution in [2.75, 3.05) is 5.32 Å². The first-order valence-corrected chi connectivity index (χ1v) is 6.16. The number of hydrogen-bond donors (Lipinski definition) is 3. The lowest BCUT2D eigenvalue weighted by Gasteiger charge is -2.03. The van der Waals surface area contributed by atoms with Crippen LogP contribution in [0.3, 0.4) is 0 Å². The number of benzene rings is 2. The van der Waals surface area contributed by atoms with Crippen molar-refractivity contribution in [3.8, 4) is 5.75 Å². The molecule has 0 atom stereocenters. The summed E-state index contributed by atoms with van der Waals surface area (Å²) in [4.78, 5) is 23.4. The summed E-state index contributed by atoms with van der Waals surface area (Å²) in [5.74, 6) is -1.96. The SMILES string of the molecule is O=C(C=C(O)c1ccccc1)C(=O)Nc1ccc(O)cc1. The smallest absolute Gasteiger partial charge is 0.296 e. The van der Waals surface area contributed by atoms with Crippen molar-refractivity contribution in [3.63, 3.8) is 0 Å². The molecule has 5 nitrogen and oxygen atoms in total. The summed E-state index contributed by atoms with van der Waals surface area (Å²) in [6.07, 6.45) is 0.866. The number of aliphatic hydroxyl groups excluding tert-OH is 1. The number of phenols is 1. The van der Waals surface area contributed by atoms with Gasteiger partial charge in [-0.05, 0) is 24.3 Å². The number of phenolic OH excluding ortho intramolecular Hbond substituents is 1. The van der Waals surface area contributed by atoms with E-state index in [0.717, 1.165) is 6.08 Å². The number of aliphatic hydroxyl groups is 1. The Hall–Kier alpha value is -3.08. The van der Waals surface area contributed by atoms with Gasteiger partial charge in [-0.25, -0.2) is 0 Å². The van der Waals surface area contributed by atoms with Crippen LogP contribution < -0.4 is 5.32 Å². The van der Waals surface area contributed by atoms with Crippen LogP contribution in [0.25, 0.3) is 5.76 Å². The second-order valence-corrected chi connectivity index (χ2v) is 4.26. The minimum atomic E-state index is -0.872. The van der Waals surface area contributed by atoms with E-state index in [1.54, 1.807) is 30.3 Å². The van der Waals surface area contributed by atoms with Crippen LogP contribution in [-0.2, 0) is 9.59 Å². The first-order chi connectivity index (χ1) is 10.1. The number of anilines is 1. The highest BCUT2D eigenvalue weighted by molar-refractivity contribution is 6.45. The van der Waals surface area contributed by atoms with Gasteiger partial charge in [-0.2, -0.15) is 0 Å². The van der Waals surface area contributed by atoms with Crippen LogP contribution in [0.2, 0.25) is 0 Å². The van der Waals surface area contributed by atoms with E-state index in [1.807, 2.05) is 0 Å². The first kappa shape index (κ1) is 14.3. The van der Waals surface area contributed by atoms with Crippen molar-refractivity contribution in [2.45, 2.75) is 0 Å². The molecule has 1 amide bonds. The predicted octanol–water partition coefficient (Wildman–Crippen LogP) is 2.50. The molecule has 5 heteroatoms. The summed E-state index contributed by atoms with van der Waals surface area (Å²) in [7, 11) is 0. The number of ketones is 1. The van der Waals surface area contributed by atoms with E-state index in [-0.39, 0.29) is 11.5 Å². The van der Waals surface area contributed by atoms with Gasteiger partial charge in [0.05, 0.1) is 0 Å². The van der Waals surface area contributed by atoms with Gasteiger partial charge in [0.1, 0.15) is 11.5 Å². The van der Waals surface area contributed by atoms with Crippen LogP contribution in [0.4, 0.5) is 5.69 Å². The maximum atomic E-state index is 11.7. The lowest BCUT2D eigenvalue weighted by atomic mass is 10.1. The van der Waals surface area contributed by atoms with Crippen molar-refractivity contribution < 1.29 is 19.8 Å². The quantitative estimate of drug-likeness (QED) is 0.348. The van der Waals surface area contributed by atoms with E-state index in [2.05, 4.69) is 5.32 Å². The molecule has 2 aromatic rings. The van der Waals surface area contributed by atoms with Gasteiger partial charge in [-0.15, -0.1) is 0 Å². The Morgan fingerprint density at radius 1 is 0.952 bits per heavy atom. The standard InChI is InChI=1S/C16H13NO4/c18-13-8-6-12(7-9-13)17-16(21)15(20)10-14(19)11-4-2-1-3-5-11/h1-10,18-19H,(H,17,21). The van der Waals surface area contributed by atoms with Crippen LogP contribution in [0.5, 0.6) is 5.75 Å². The molecule has 0 aliphatic rings. The molecule has 0 saturated heterocycles. The average Bonchev–Trinajstić information content (AvgIpc) is 2.50. The van der Waals surface area contributed by atoms with Gasteiger partial charge in [0.2, 0.25) is 5.78 Å². The minimum Gasteiger partial charge on any atom is -0.508 e. The van der Waals surface area contributed by atoms with Gasteiger partial charge in [-0.3, -0.25) is 9.59 Å². The Morgan fingerprint density at radius 3 is 2.19 bits per heavy atom. The zero-order chi connectivity index (χ0) is 15.2. The number of carbonyl (C=O) groups is 2. The minimum absolute atomic E-state index is 0.0564. The normalized spacial score (nSPS) is 11.0. The molecule has 0 radical (unpaired) electrons. The molecular weight excluding hydrogens is 270 g/mol. The van der Waals surface area contributed by atoms with Crippen LogP contribution in [0.15, 0.2) is 60.7 Å². The topological polar surface area (TPSA) is 86.6 Å². The zero-order valence-corrected chi connectivity index (χ0v) is 11.0. The lowest BCUT2D eigenvalue weighted by molar-refractivity contribution is -0.131. The highest BCUT2D eigenvalue weighted by Gasteiger charge is 2.13. The van der Waals surface area contributed by atoms with E-state index in [1.165, 1.54) is 24.3 Å². The first-order valence-electron chi connectivity index (χ1n) is 6.16. The Labute approximate surface area is 121 Å². The summed E-state index contributed by atoms with van der Waals surface area (Å²) in [6, 6.07) is 14.1. The third-order valence-corrected chi connectivity index (χ3v) is 2.69. The molecule has 0 aliphatic heterocycles. The van der Waals surface area contributed by atoms with Crippen LogP contribution >= 0.6 is 0 Å². The molecule has 0 bridgehead atoms. The molecule has 0 saturated carbocycles. The fourth-order valence-corrected chi connectivity index (χ4v) is 1.62. The van der Waals surface area contributed by atoms with Crippen molar-refractivity contribution in [1.82, 2.24) is 0 Å². The van der Waals surface area contributed by atoms with Gasteiger partial charge in [0.25, 0.3) is 5.91 Å². The van der Waals surface area contributed by atoms with Gasteiger partial charge in [-0.1, -0.05) is 30.3 Å². The summed E-state index contributed by atoms with van der Waals surface area (Å²) in [6.45, 7) is 0. The summed E-state index contributed by atoms with van der Waals surface area (Å²) in [5, 5.41) is 21.3. The molecule has 0 spiro atoms. The number of carbonyl (C=O) groups excluding carboxylic acids is 2. The van der Waals surface area contributed by atoms with E-state index in [9.17, 15) is 14.7 Å². The maximum Gasteiger partial charge on any atom is 0.296 e. The Balaban J connectivity index is 2.06. The predicted molar refractivity (Wildman–Crippen MR) is 78.8 cm³/mol. The second-order valence-electron chi connectivity index (χ2n) is 4.26. The van der Waals surface area contributed by atoms with E-state index < -0.39 is 11.7 Å². The summed E-state index contributed by atoms with van der Waals surface area (Å²) < 4.78 is 0. The van der Waals surface area contributed by atoms with E-state index in [4.69, 9.17) is 5.11 Å². The molecule has 0 fully saturated rings. The molecule has 2 aromatic carbocycles. The Bertz CT molecular complexity index is 675. The molecule has 106 valence electrons. The van der Waals surface area contributed by atoms with Crippen LogP contribution in [0.1, 0.15) is 5.56 Å². The molecule has 2 rings (SSSR count). The molecule has 0 unspecified atom stereocenters. The highest BCUT2D eigenvalue weighted by atomic mass is 16.3. The molecule has 3 N–H and O–H groups in total. The third kappa shape index (κ3) is 3.94. The van der Waals surface area contributed by atoms with Crippen molar-refractivity contribution in [1.29, 1.82) is 0 Å². The molecular formula is C16H13NO4. The van der Waals surface area contributed by atoms with Crippen molar-refractivity contribution in [3.05, 3.63) is 66.2 Å². The van der Waals surface area contributed by atoms with Gasteiger partial charge in [0.15, 0.2) is 0 Å². The number of amides is 1. The van der Waals surface area contributed by atoms with Gasteiger partial charge < -0.3 is 15.5 Å². The molecule has 21 heavy (non-hydrogen) atoms. The average molecular weight is 283 g/mol. The van der Waals surface area contributed by atoms with Crippen molar-refractivity contribution >= 4 is 23.1 Å². The number of hydrogen-bond acceptors (Lipinski definition) is 4. The van der Waals surface area contributed by atoms with E-state index in [0.29, 0.717) is 11.3 Å². The third-order valence-electron chi connectivity index (χ3n) is 2.69. The molecule has 0 heterocycles. The van der Waals surface area contributed by atoms with Crippen LogP contribution in [0, 0.1) is 0 Å². The Morgan fingerprint density at radius 2 is 1.57 bits per heavy atom. The molecule has 0 aliphatic carbocycles. The fraction of sp³-hybridized carbons (Fsp3) is 0. The Kier molecular flexibility index (Phi) is 4.36. The largest absolute Gasteiger partial charge is 0.508 e.